The lowest BCUT2D eigenvalue weighted by molar-refractivity contribution is -0.0415. The fraction of sp³-hybridized carbons (Fsp3) is 1.00. The van der Waals surface area contributed by atoms with Crippen LogP contribution in [0.3, 0.4) is 0 Å². The van der Waals surface area contributed by atoms with Gasteiger partial charge in [0.2, 0.25) is 0 Å². The van der Waals surface area contributed by atoms with E-state index in [9.17, 15) is 0 Å². The SMILES string of the molecule is BrC1C2COCOCC12. The van der Waals surface area contributed by atoms with Crippen LogP contribution >= 0.6 is 15.9 Å². The van der Waals surface area contributed by atoms with Crippen molar-refractivity contribution in [1.82, 2.24) is 0 Å². The number of ether oxygens (including phenoxy) is 2. The van der Waals surface area contributed by atoms with E-state index in [-0.39, 0.29) is 0 Å². The van der Waals surface area contributed by atoms with Crippen LogP contribution in [0.25, 0.3) is 0 Å². The quantitative estimate of drug-likeness (QED) is 0.534. The predicted molar refractivity (Wildman–Crippen MR) is 36.5 cm³/mol. The van der Waals surface area contributed by atoms with Crippen LogP contribution in [0, 0.1) is 11.8 Å². The molecule has 52 valence electrons. The van der Waals surface area contributed by atoms with Crippen molar-refractivity contribution in [1.29, 1.82) is 0 Å². The monoisotopic (exact) mass is 192 g/mol. The zero-order valence-corrected chi connectivity index (χ0v) is 6.63. The highest BCUT2D eigenvalue weighted by atomic mass is 79.9. The largest absolute Gasteiger partial charge is 0.355 e. The summed E-state index contributed by atoms with van der Waals surface area (Å²) in [5, 5.41) is 0. The minimum Gasteiger partial charge on any atom is -0.355 e. The minimum absolute atomic E-state index is 0.493. The predicted octanol–water partition coefficient (Wildman–Crippen LogP) is 1.00. The molecule has 0 bridgehead atoms. The van der Waals surface area contributed by atoms with Gasteiger partial charge in [0.25, 0.3) is 0 Å². The summed E-state index contributed by atoms with van der Waals surface area (Å²) in [6.45, 7) is 2.24. The molecule has 1 saturated carbocycles. The van der Waals surface area contributed by atoms with E-state index in [0.717, 1.165) is 25.0 Å². The Kier molecular flexibility index (Phi) is 1.51. The molecule has 1 aliphatic carbocycles. The number of alkyl halides is 1. The summed E-state index contributed by atoms with van der Waals surface area (Å²) in [6, 6.07) is 0. The maximum Gasteiger partial charge on any atom is 0.146 e. The van der Waals surface area contributed by atoms with E-state index in [1.807, 2.05) is 0 Å². The maximum atomic E-state index is 5.17. The van der Waals surface area contributed by atoms with Gasteiger partial charge in [0.1, 0.15) is 6.79 Å². The molecule has 2 unspecified atom stereocenters. The molecular formula is C6H9BrO2. The second-order valence-electron chi connectivity index (χ2n) is 2.63. The third-order valence-corrected chi connectivity index (χ3v) is 3.37. The first-order valence-electron chi connectivity index (χ1n) is 3.19. The fourth-order valence-corrected chi connectivity index (χ4v) is 2.17. The van der Waals surface area contributed by atoms with Gasteiger partial charge in [0, 0.05) is 16.7 Å². The zero-order chi connectivity index (χ0) is 6.27. The molecule has 0 spiro atoms. The highest BCUT2D eigenvalue weighted by Gasteiger charge is 2.49. The third-order valence-electron chi connectivity index (χ3n) is 2.01. The van der Waals surface area contributed by atoms with E-state index >= 15 is 0 Å². The maximum absolute atomic E-state index is 5.17. The second kappa shape index (κ2) is 2.22. The van der Waals surface area contributed by atoms with Crippen LogP contribution in [0.5, 0.6) is 0 Å². The molecule has 2 rings (SSSR count). The number of hydrogen-bond donors (Lipinski definition) is 0. The van der Waals surface area contributed by atoms with Crippen molar-refractivity contribution in [2.75, 3.05) is 20.0 Å². The average Bonchev–Trinajstić information content (AvgIpc) is 2.51. The Bertz CT molecular complexity index is 106. The minimum atomic E-state index is 0.493. The van der Waals surface area contributed by atoms with Crippen LogP contribution in [0.4, 0.5) is 0 Å². The standard InChI is InChI=1S/C6H9BrO2/c7-6-4-1-8-3-9-2-5(4)6/h4-6H,1-3H2. The Balaban J connectivity index is 1.93. The fourth-order valence-electron chi connectivity index (χ4n) is 1.26. The molecule has 0 aromatic carbocycles. The van der Waals surface area contributed by atoms with Crippen LogP contribution < -0.4 is 0 Å². The topological polar surface area (TPSA) is 18.5 Å². The highest BCUT2D eigenvalue weighted by molar-refractivity contribution is 9.09. The van der Waals surface area contributed by atoms with Crippen molar-refractivity contribution in [3.05, 3.63) is 0 Å². The summed E-state index contributed by atoms with van der Waals surface area (Å²) in [6.07, 6.45) is 0. The van der Waals surface area contributed by atoms with Crippen LogP contribution in [0.15, 0.2) is 0 Å². The van der Waals surface area contributed by atoms with E-state index < -0.39 is 0 Å². The molecular weight excluding hydrogens is 184 g/mol. The second-order valence-corrected chi connectivity index (χ2v) is 3.69. The molecule has 0 amide bonds. The van der Waals surface area contributed by atoms with Crippen LogP contribution in [-0.4, -0.2) is 24.8 Å². The molecule has 2 nitrogen and oxygen atoms in total. The van der Waals surface area contributed by atoms with Crippen molar-refractivity contribution in [2.24, 2.45) is 11.8 Å². The Morgan fingerprint density at radius 2 is 1.67 bits per heavy atom. The summed E-state index contributed by atoms with van der Waals surface area (Å²) in [5.41, 5.74) is 0. The van der Waals surface area contributed by atoms with E-state index in [0.29, 0.717) is 11.6 Å². The van der Waals surface area contributed by atoms with Crippen LogP contribution in [0.2, 0.25) is 0 Å². The van der Waals surface area contributed by atoms with Crippen molar-refractivity contribution < 1.29 is 9.47 Å². The number of rotatable bonds is 0. The van der Waals surface area contributed by atoms with Gasteiger partial charge in [0.15, 0.2) is 0 Å². The molecule has 3 heteroatoms. The number of fused-ring (bicyclic) bond motifs is 1. The van der Waals surface area contributed by atoms with Gasteiger partial charge in [-0.15, -0.1) is 0 Å². The number of hydrogen-bond acceptors (Lipinski definition) is 2. The van der Waals surface area contributed by atoms with Gasteiger partial charge in [-0.3, -0.25) is 0 Å². The molecule has 2 fully saturated rings. The van der Waals surface area contributed by atoms with Gasteiger partial charge in [-0.2, -0.15) is 0 Å². The molecule has 1 heterocycles. The molecule has 0 aromatic heterocycles. The molecule has 9 heavy (non-hydrogen) atoms. The lowest BCUT2D eigenvalue weighted by Crippen LogP contribution is -2.01. The third kappa shape index (κ3) is 1.02. The van der Waals surface area contributed by atoms with Gasteiger partial charge in [-0.25, -0.2) is 0 Å². The van der Waals surface area contributed by atoms with Crippen molar-refractivity contribution >= 4 is 15.9 Å². The Morgan fingerprint density at radius 3 is 2.22 bits per heavy atom. The Morgan fingerprint density at radius 1 is 1.11 bits per heavy atom. The zero-order valence-electron chi connectivity index (χ0n) is 5.05. The molecule has 1 saturated heterocycles. The average molecular weight is 193 g/mol. The molecule has 0 aromatic rings. The molecule has 2 aliphatic rings. The summed E-state index contributed by atoms with van der Waals surface area (Å²) in [5.74, 6) is 1.46. The van der Waals surface area contributed by atoms with Crippen LogP contribution in [-0.2, 0) is 9.47 Å². The van der Waals surface area contributed by atoms with E-state index in [1.165, 1.54) is 0 Å². The Hall–Kier alpha value is 0.400. The molecule has 1 aliphatic heterocycles. The van der Waals surface area contributed by atoms with Gasteiger partial charge >= 0.3 is 0 Å². The summed E-state index contributed by atoms with van der Waals surface area (Å²) >= 11 is 3.55. The molecule has 0 N–H and O–H groups in total. The van der Waals surface area contributed by atoms with Crippen molar-refractivity contribution in [2.45, 2.75) is 4.83 Å². The van der Waals surface area contributed by atoms with E-state index in [1.54, 1.807) is 0 Å². The summed E-state index contributed by atoms with van der Waals surface area (Å²) in [7, 11) is 0. The highest BCUT2D eigenvalue weighted by Crippen LogP contribution is 2.46. The lowest BCUT2D eigenvalue weighted by atomic mass is 10.3. The number of halogens is 1. The normalized spacial score (nSPS) is 49.7. The van der Waals surface area contributed by atoms with Crippen molar-refractivity contribution in [3.63, 3.8) is 0 Å². The smallest absolute Gasteiger partial charge is 0.146 e. The first kappa shape index (κ1) is 6.13. The molecule has 2 atom stereocenters. The van der Waals surface area contributed by atoms with Crippen LogP contribution in [0.1, 0.15) is 0 Å². The summed E-state index contributed by atoms with van der Waals surface area (Å²) < 4.78 is 10.3. The van der Waals surface area contributed by atoms with Gasteiger partial charge in [-0.1, -0.05) is 15.9 Å². The lowest BCUT2D eigenvalue weighted by Gasteiger charge is -1.99. The van der Waals surface area contributed by atoms with Gasteiger partial charge in [0.05, 0.1) is 13.2 Å². The first-order valence-corrected chi connectivity index (χ1v) is 4.11. The van der Waals surface area contributed by atoms with Gasteiger partial charge < -0.3 is 9.47 Å². The van der Waals surface area contributed by atoms with Crippen molar-refractivity contribution in [3.8, 4) is 0 Å². The van der Waals surface area contributed by atoms with E-state index in [2.05, 4.69) is 15.9 Å². The molecule has 0 radical (unpaired) electrons. The summed E-state index contributed by atoms with van der Waals surface area (Å²) in [4.78, 5) is 0.665. The Labute approximate surface area is 62.6 Å². The van der Waals surface area contributed by atoms with Gasteiger partial charge in [-0.05, 0) is 0 Å². The first-order chi connectivity index (χ1) is 4.39. The van der Waals surface area contributed by atoms with E-state index in [4.69, 9.17) is 9.47 Å².